The molecule has 184 valence electrons. The number of thiocarbonyl (C=S) groups is 1. The van der Waals surface area contributed by atoms with Crippen LogP contribution in [0, 0.1) is 13.8 Å². The minimum Gasteiger partial charge on any atom is -0.497 e. The molecule has 5 rings (SSSR count). The van der Waals surface area contributed by atoms with Gasteiger partial charge in [0.2, 0.25) is 0 Å². The van der Waals surface area contributed by atoms with Gasteiger partial charge in [0.05, 0.1) is 37.0 Å². The zero-order chi connectivity index (χ0) is 25.4. The number of rotatable bonds is 6. The molecular weight excluding hydrogens is 492 g/mol. The molecule has 6 nitrogen and oxygen atoms in total. The van der Waals surface area contributed by atoms with Crippen LogP contribution in [0.1, 0.15) is 34.7 Å². The monoisotopic (exact) mass is 518 g/mol. The Balaban J connectivity index is 1.66. The van der Waals surface area contributed by atoms with E-state index in [1.165, 1.54) is 0 Å². The summed E-state index contributed by atoms with van der Waals surface area (Å²) >= 11 is 12.4. The highest BCUT2D eigenvalue weighted by Gasteiger charge is 2.42. The molecule has 1 fully saturated rings. The molecule has 1 N–H and O–H groups in total. The third-order valence-corrected chi connectivity index (χ3v) is 7.24. The molecule has 0 saturated carbocycles. The second-order valence-corrected chi connectivity index (χ2v) is 9.47. The van der Waals surface area contributed by atoms with Gasteiger partial charge in [0.15, 0.2) is 5.11 Å². The molecule has 3 heterocycles. The van der Waals surface area contributed by atoms with E-state index < -0.39 is 0 Å². The van der Waals surface area contributed by atoms with E-state index in [0.717, 1.165) is 39.8 Å². The van der Waals surface area contributed by atoms with Crippen LogP contribution in [0.3, 0.4) is 0 Å². The molecule has 36 heavy (non-hydrogen) atoms. The van der Waals surface area contributed by atoms with E-state index in [9.17, 15) is 0 Å². The van der Waals surface area contributed by atoms with Gasteiger partial charge in [-0.05, 0) is 92.3 Å². The summed E-state index contributed by atoms with van der Waals surface area (Å²) in [6.45, 7) is 4.26. The molecule has 1 aliphatic rings. The topological polar surface area (TPSA) is 51.5 Å². The number of nitrogens with one attached hydrogen (secondary N) is 1. The van der Waals surface area contributed by atoms with Gasteiger partial charge in [-0.1, -0.05) is 17.7 Å². The standard InChI is InChI=1S/C28H27ClN4O2S/c1-17-15-22(18(2)32(17)19-8-11-21(34-3)12-9-19)27-26(24-7-5-6-14-30-24)31-28(36)33(27)20-10-13-25(35-4)23(29)16-20/h5-16,26-27H,1-4H3,(H,31,36)/t26-,27-/m1/s1. The average Bonchev–Trinajstić information content (AvgIpc) is 3.39. The number of ether oxygens (including phenoxy) is 2. The zero-order valence-electron chi connectivity index (χ0n) is 20.5. The molecule has 8 heteroatoms. The summed E-state index contributed by atoms with van der Waals surface area (Å²) in [4.78, 5) is 6.79. The van der Waals surface area contributed by atoms with Crippen molar-refractivity contribution in [1.82, 2.24) is 14.9 Å². The lowest BCUT2D eigenvalue weighted by Gasteiger charge is -2.28. The van der Waals surface area contributed by atoms with E-state index in [1.807, 2.05) is 54.7 Å². The highest BCUT2D eigenvalue weighted by Crippen LogP contribution is 2.45. The fraction of sp³-hybridized carbons (Fsp3) is 0.214. The van der Waals surface area contributed by atoms with E-state index in [4.69, 9.17) is 33.3 Å². The summed E-state index contributed by atoms with van der Waals surface area (Å²) in [5, 5.41) is 4.67. The van der Waals surface area contributed by atoms with Crippen LogP contribution in [0.15, 0.2) is 72.9 Å². The molecule has 0 bridgehead atoms. The number of halogens is 1. The van der Waals surface area contributed by atoms with E-state index in [-0.39, 0.29) is 12.1 Å². The lowest BCUT2D eigenvalue weighted by atomic mass is 9.96. The minimum absolute atomic E-state index is 0.143. The van der Waals surface area contributed by atoms with Gasteiger partial charge in [0.25, 0.3) is 0 Å². The molecule has 0 aliphatic carbocycles. The number of anilines is 1. The van der Waals surface area contributed by atoms with Crippen molar-refractivity contribution in [2.24, 2.45) is 0 Å². The Morgan fingerprint density at radius 3 is 2.33 bits per heavy atom. The number of nitrogens with zero attached hydrogens (tertiary/aromatic N) is 3. The summed E-state index contributed by atoms with van der Waals surface area (Å²) in [6, 6.07) is 21.7. The summed E-state index contributed by atoms with van der Waals surface area (Å²) in [5.74, 6) is 1.44. The van der Waals surface area contributed by atoms with Gasteiger partial charge >= 0.3 is 0 Å². The number of benzene rings is 2. The molecule has 0 spiro atoms. The summed E-state index contributed by atoms with van der Waals surface area (Å²) < 4.78 is 13.0. The van der Waals surface area contributed by atoms with Gasteiger partial charge < -0.3 is 24.3 Å². The lowest BCUT2D eigenvalue weighted by molar-refractivity contribution is 0.414. The van der Waals surface area contributed by atoms with Crippen LogP contribution >= 0.6 is 23.8 Å². The largest absolute Gasteiger partial charge is 0.497 e. The van der Waals surface area contributed by atoms with Crippen LogP contribution in [0.4, 0.5) is 5.69 Å². The maximum Gasteiger partial charge on any atom is 0.174 e. The zero-order valence-corrected chi connectivity index (χ0v) is 22.1. The quantitative estimate of drug-likeness (QED) is 0.301. The fourth-order valence-corrected chi connectivity index (χ4v) is 5.57. The van der Waals surface area contributed by atoms with Crippen molar-refractivity contribution in [3.63, 3.8) is 0 Å². The second kappa shape index (κ2) is 9.84. The van der Waals surface area contributed by atoms with Crippen LogP contribution in [-0.4, -0.2) is 28.9 Å². The maximum absolute atomic E-state index is 6.53. The third-order valence-electron chi connectivity index (χ3n) is 6.63. The highest BCUT2D eigenvalue weighted by molar-refractivity contribution is 7.80. The van der Waals surface area contributed by atoms with Crippen molar-refractivity contribution in [3.8, 4) is 17.2 Å². The number of hydrogen-bond donors (Lipinski definition) is 1. The Morgan fingerprint density at radius 2 is 1.69 bits per heavy atom. The van der Waals surface area contributed by atoms with Gasteiger partial charge in [-0.15, -0.1) is 0 Å². The van der Waals surface area contributed by atoms with E-state index in [1.54, 1.807) is 14.2 Å². The van der Waals surface area contributed by atoms with E-state index in [2.05, 4.69) is 51.8 Å². The smallest absolute Gasteiger partial charge is 0.174 e. The molecule has 2 atom stereocenters. The Kier molecular flexibility index (Phi) is 6.60. The molecule has 0 amide bonds. The first-order chi connectivity index (χ1) is 17.4. The molecule has 0 radical (unpaired) electrons. The van der Waals surface area contributed by atoms with Crippen molar-refractivity contribution in [2.45, 2.75) is 25.9 Å². The summed E-state index contributed by atoms with van der Waals surface area (Å²) in [7, 11) is 3.28. The Labute approximate surface area is 221 Å². The van der Waals surface area contributed by atoms with Crippen LogP contribution < -0.4 is 19.7 Å². The van der Waals surface area contributed by atoms with E-state index >= 15 is 0 Å². The number of pyridine rings is 1. The first kappa shape index (κ1) is 24.2. The summed E-state index contributed by atoms with van der Waals surface area (Å²) in [5.41, 5.74) is 6.27. The Bertz CT molecular complexity index is 1410. The predicted octanol–water partition coefficient (Wildman–Crippen LogP) is 6.34. The first-order valence-corrected chi connectivity index (χ1v) is 12.4. The van der Waals surface area contributed by atoms with Gasteiger partial charge in [0, 0.05) is 29.0 Å². The van der Waals surface area contributed by atoms with Gasteiger partial charge in [-0.3, -0.25) is 4.98 Å². The van der Waals surface area contributed by atoms with Crippen molar-refractivity contribution >= 4 is 34.6 Å². The van der Waals surface area contributed by atoms with Crippen molar-refractivity contribution in [3.05, 3.63) is 101 Å². The molecular formula is C28H27ClN4O2S. The SMILES string of the molecule is COc1ccc(-n2c(C)cc([C@@H]3[C@@H](c4ccccn4)NC(=S)N3c3ccc(OC)c(Cl)c3)c2C)cc1. The lowest BCUT2D eigenvalue weighted by Crippen LogP contribution is -2.29. The van der Waals surface area contributed by atoms with Crippen molar-refractivity contribution in [1.29, 1.82) is 0 Å². The van der Waals surface area contributed by atoms with Crippen molar-refractivity contribution < 1.29 is 9.47 Å². The maximum atomic E-state index is 6.53. The third kappa shape index (κ3) is 4.18. The second-order valence-electron chi connectivity index (χ2n) is 8.68. The first-order valence-electron chi connectivity index (χ1n) is 11.6. The average molecular weight is 519 g/mol. The van der Waals surface area contributed by atoms with Gasteiger partial charge in [-0.2, -0.15) is 0 Å². The van der Waals surface area contributed by atoms with Crippen LogP contribution in [0.5, 0.6) is 11.5 Å². The molecule has 1 aliphatic heterocycles. The fourth-order valence-electron chi connectivity index (χ4n) is 4.97. The molecule has 2 aromatic heterocycles. The minimum atomic E-state index is -0.149. The van der Waals surface area contributed by atoms with Crippen molar-refractivity contribution in [2.75, 3.05) is 19.1 Å². The molecule has 2 aromatic carbocycles. The normalized spacial score (nSPS) is 17.2. The number of hydrogen-bond acceptors (Lipinski definition) is 4. The van der Waals surface area contributed by atoms with Gasteiger partial charge in [0.1, 0.15) is 11.5 Å². The summed E-state index contributed by atoms with van der Waals surface area (Å²) in [6.07, 6.45) is 1.81. The molecule has 4 aromatic rings. The number of methoxy groups -OCH3 is 2. The number of aryl methyl sites for hydroxylation is 1. The Morgan fingerprint density at radius 1 is 0.944 bits per heavy atom. The van der Waals surface area contributed by atoms with Crippen LogP contribution in [0.2, 0.25) is 5.02 Å². The van der Waals surface area contributed by atoms with E-state index in [0.29, 0.717) is 15.9 Å². The Hall–Kier alpha value is -3.55. The predicted molar refractivity (Wildman–Crippen MR) is 148 cm³/mol. The van der Waals surface area contributed by atoms with Crippen LogP contribution in [0.25, 0.3) is 5.69 Å². The van der Waals surface area contributed by atoms with Crippen LogP contribution in [-0.2, 0) is 0 Å². The van der Waals surface area contributed by atoms with Gasteiger partial charge in [-0.25, -0.2) is 0 Å². The highest BCUT2D eigenvalue weighted by atomic mass is 35.5. The molecule has 0 unspecified atom stereocenters. The molecule has 1 saturated heterocycles. The number of aromatic nitrogens is 2.